The van der Waals surface area contributed by atoms with Crippen LogP contribution < -0.4 is 11.5 Å². The van der Waals surface area contributed by atoms with Gasteiger partial charge in [0.1, 0.15) is 5.82 Å². The van der Waals surface area contributed by atoms with Crippen molar-refractivity contribution in [2.24, 2.45) is 11.5 Å². The Morgan fingerprint density at radius 1 is 1.23 bits per heavy atom. The molecule has 13 heteroatoms. The molecule has 1 aromatic carbocycles. The first-order valence-electron chi connectivity index (χ1n) is 8.56. The van der Waals surface area contributed by atoms with Gasteiger partial charge >= 0.3 is 5.97 Å². The molecule has 1 aliphatic heterocycles. The number of methoxy groups -OCH3 is 1. The Morgan fingerprint density at radius 3 is 2.50 bits per heavy atom. The quantitative estimate of drug-likeness (QED) is 0.615. The van der Waals surface area contributed by atoms with Gasteiger partial charge in [0.2, 0.25) is 0 Å². The monoisotopic (exact) mass is 438 g/mol. The number of nitrogens with zero attached hydrogens (tertiary/aromatic N) is 4. The molecule has 0 bridgehead atoms. The molecule has 1 fully saturated rings. The fourth-order valence-corrected chi connectivity index (χ4v) is 3.56. The fraction of sp³-hybridized carbons (Fsp3) is 0.294. The van der Waals surface area contributed by atoms with Crippen LogP contribution in [-0.4, -0.2) is 63.3 Å². The van der Waals surface area contributed by atoms with Gasteiger partial charge in [0.25, 0.3) is 17.7 Å². The summed E-state index contributed by atoms with van der Waals surface area (Å²) in [6, 6.07) is 1.24. The lowest BCUT2D eigenvalue weighted by molar-refractivity contribution is -0.146. The predicted molar refractivity (Wildman–Crippen MR) is 99.0 cm³/mol. The minimum Gasteiger partial charge on any atom is -0.467 e. The Balaban J connectivity index is 2.03. The summed E-state index contributed by atoms with van der Waals surface area (Å²) < 4.78 is 19.2. The summed E-state index contributed by atoms with van der Waals surface area (Å²) in [5.41, 5.74) is 9.74. The molecule has 4 N–H and O–H groups in total. The lowest BCUT2D eigenvalue weighted by atomic mass is 10.1. The number of hydrogen-bond donors (Lipinski definition) is 2. The van der Waals surface area contributed by atoms with Gasteiger partial charge in [-0.25, -0.2) is 13.9 Å². The van der Waals surface area contributed by atoms with Crippen molar-refractivity contribution in [2.45, 2.75) is 18.5 Å². The summed E-state index contributed by atoms with van der Waals surface area (Å²) in [6.45, 7) is 0.0578. The number of halogens is 2. The second-order valence-electron chi connectivity index (χ2n) is 6.41. The van der Waals surface area contributed by atoms with Crippen molar-refractivity contribution in [2.75, 3.05) is 13.7 Å². The molecule has 3 amide bonds. The third-order valence-electron chi connectivity index (χ3n) is 4.71. The van der Waals surface area contributed by atoms with Gasteiger partial charge in [-0.15, -0.1) is 5.10 Å². The van der Waals surface area contributed by atoms with E-state index in [9.17, 15) is 23.6 Å². The molecule has 0 spiro atoms. The Morgan fingerprint density at radius 2 is 1.93 bits per heavy atom. The molecule has 1 saturated heterocycles. The normalized spacial score (nSPS) is 18.3. The van der Waals surface area contributed by atoms with E-state index in [0.29, 0.717) is 0 Å². The largest absolute Gasteiger partial charge is 0.467 e. The average molecular weight is 439 g/mol. The van der Waals surface area contributed by atoms with E-state index in [1.165, 1.54) is 11.0 Å². The van der Waals surface area contributed by atoms with E-state index in [2.05, 4.69) is 10.3 Å². The zero-order chi connectivity index (χ0) is 22.2. The maximum Gasteiger partial charge on any atom is 0.330 e. The van der Waals surface area contributed by atoms with Crippen LogP contribution in [0.5, 0.6) is 0 Å². The minimum absolute atomic E-state index is 0.0440. The van der Waals surface area contributed by atoms with E-state index >= 15 is 0 Å². The molecule has 0 saturated carbocycles. The van der Waals surface area contributed by atoms with Gasteiger partial charge in [0.15, 0.2) is 17.4 Å². The molecule has 0 aliphatic carbocycles. The highest BCUT2D eigenvalue weighted by Gasteiger charge is 2.46. The Hall–Kier alpha value is -3.54. The maximum absolute atomic E-state index is 13.4. The maximum atomic E-state index is 13.4. The lowest BCUT2D eigenvalue weighted by Gasteiger charge is -2.26. The summed E-state index contributed by atoms with van der Waals surface area (Å²) in [6.07, 6.45) is 0.155. The van der Waals surface area contributed by atoms with Crippen LogP contribution in [-0.2, 0) is 9.53 Å². The first-order chi connectivity index (χ1) is 14.2. The highest BCUT2D eigenvalue weighted by molar-refractivity contribution is 6.31. The van der Waals surface area contributed by atoms with Crippen LogP contribution >= 0.6 is 11.6 Å². The number of ether oxygens (including phenoxy) is 1. The number of likely N-dealkylation sites (tertiary alicyclic amines) is 1. The summed E-state index contributed by atoms with van der Waals surface area (Å²) in [7, 11) is 1.13. The van der Waals surface area contributed by atoms with Gasteiger partial charge in [0.05, 0.1) is 18.2 Å². The average Bonchev–Trinajstić information content (AvgIpc) is 3.33. The van der Waals surface area contributed by atoms with Crippen molar-refractivity contribution in [3.63, 3.8) is 0 Å². The number of hydrogen-bond acceptors (Lipinski definition) is 7. The molecule has 30 heavy (non-hydrogen) atoms. The number of benzene rings is 1. The van der Waals surface area contributed by atoms with Gasteiger partial charge < -0.3 is 21.1 Å². The van der Waals surface area contributed by atoms with Crippen molar-refractivity contribution < 1.29 is 28.3 Å². The van der Waals surface area contributed by atoms with Crippen molar-refractivity contribution in [1.82, 2.24) is 19.9 Å². The number of rotatable bonds is 5. The van der Waals surface area contributed by atoms with Gasteiger partial charge in [-0.3, -0.25) is 14.4 Å². The Bertz CT molecular complexity index is 1060. The number of carbonyl (C=O) groups is 4. The van der Waals surface area contributed by atoms with Crippen LogP contribution in [0.2, 0.25) is 5.02 Å². The molecular formula is C17H16ClFN6O5. The van der Waals surface area contributed by atoms with Crippen LogP contribution in [0.1, 0.15) is 43.8 Å². The van der Waals surface area contributed by atoms with Crippen LogP contribution in [0.15, 0.2) is 18.2 Å². The zero-order valence-corrected chi connectivity index (χ0v) is 16.3. The summed E-state index contributed by atoms with van der Waals surface area (Å²) in [5.74, 6) is -4.19. The number of aromatic nitrogens is 3. The fourth-order valence-electron chi connectivity index (χ4n) is 3.38. The molecule has 2 aromatic rings. The second-order valence-corrected chi connectivity index (χ2v) is 6.82. The molecule has 0 radical (unpaired) electrons. The number of esters is 1. The Labute approximate surface area is 173 Å². The van der Waals surface area contributed by atoms with Crippen molar-refractivity contribution >= 4 is 35.3 Å². The van der Waals surface area contributed by atoms with Crippen molar-refractivity contribution in [3.8, 4) is 0 Å². The molecule has 158 valence electrons. The second kappa shape index (κ2) is 8.06. The number of amides is 3. The molecule has 2 heterocycles. The Kier molecular flexibility index (Phi) is 5.69. The smallest absolute Gasteiger partial charge is 0.330 e. The highest BCUT2D eigenvalue weighted by Crippen LogP contribution is 2.32. The molecule has 1 aromatic heterocycles. The molecule has 3 rings (SSSR count). The number of carbonyl (C=O) groups excluding carboxylic acids is 4. The molecular weight excluding hydrogens is 423 g/mol. The summed E-state index contributed by atoms with van der Waals surface area (Å²) >= 11 is 5.75. The van der Waals surface area contributed by atoms with Crippen LogP contribution in [0, 0.1) is 5.82 Å². The first-order valence-corrected chi connectivity index (χ1v) is 8.93. The van der Waals surface area contributed by atoms with Crippen molar-refractivity contribution in [3.05, 3.63) is 46.0 Å². The van der Waals surface area contributed by atoms with Crippen LogP contribution in [0.25, 0.3) is 0 Å². The van der Waals surface area contributed by atoms with E-state index < -0.39 is 47.3 Å². The topological polar surface area (TPSA) is 164 Å². The SMILES string of the molecule is COC(=O)[C@@H]1[C@@H](n2nnc(C(N)=O)c2C(N)=O)CCN1C(=O)c1ccc(F)c(Cl)c1. The van der Waals surface area contributed by atoms with Gasteiger partial charge in [0, 0.05) is 12.1 Å². The molecule has 0 unspecified atom stereocenters. The van der Waals surface area contributed by atoms with Crippen molar-refractivity contribution in [1.29, 1.82) is 0 Å². The van der Waals surface area contributed by atoms with E-state index in [-0.39, 0.29) is 29.2 Å². The van der Waals surface area contributed by atoms with Gasteiger partial charge in [-0.1, -0.05) is 16.8 Å². The summed E-state index contributed by atoms with van der Waals surface area (Å²) in [5, 5.41) is 7.06. The van der Waals surface area contributed by atoms with Crippen LogP contribution in [0.3, 0.4) is 0 Å². The molecule has 1 aliphatic rings. The van der Waals surface area contributed by atoms with Gasteiger partial charge in [-0.05, 0) is 24.6 Å². The highest BCUT2D eigenvalue weighted by atomic mass is 35.5. The number of primary amides is 2. The predicted octanol–water partition coefficient (Wildman–Crippen LogP) is -0.103. The minimum atomic E-state index is -1.23. The van der Waals surface area contributed by atoms with E-state index in [1.54, 1.807) is 0 Å². The zero-order valence-electron chi connectivity index (χ0n) is 15.5. The first kappa shape index (κ1) is 21.2. The van der Waals surface area contributed by atoms with E-state index in [0.717, 1.165) is 23.9 Å². The molecule has 2 atom stereocenters. The van der Waals surface area contributed by atoms with Crippen LogP contribution in [0.4, 0.5) is 4.39 Å². The standard InChI is InChI=1S/C17H16ClFN6O5/c1-30-17(29)12-10(25-13(15(21)27)11(14(20)26)22-23-25)4-5-24(12)16(28)7-2-3-9(19)8(18)6-7/h2-3,6,10,12H,4-5H2,1H3,(H2,20,26)(H2,21,27)/t10-,12-/m0/s1. The molecule has 11 nitrogen and oxygen atoms in total. The third-order valence-corrected chi connectivity index (χ3v) is 5.00. The van der Waals surface area contributed by atoms with Gasteiger partial charge in [-0.2, -0.15) is 0 Å². The lowest BCUT2D eigenvalue weighted by Crippen LogP contribution is -2.45. The van der Waals surface area contributed by atoms with E-state index in [1.807, 2.05) is 0 Å². The number of nitrogens with two attached hydrogens (primary N) is 2. The summed E-state index contributed by atoms with van der Waals surface area (Å²) in [4.78, 5) is 50.1. The van der Waals surface area contributed by atoms with E-state index in [4.69, 9.17) is 27.8 Å². The third kappa shape index (κ3) is 3.56.